The fourth-order valence-electron chi connectivity index (χ4n) is 0.846. The van der Waals surface area contributed by atoms with E-state index in [-0.39, 0.29) is 0 Å². The van der Waals surface area contributed by atoms with Crippen LogP contribution in [0.1, 0.15) is 6.42 Å². The van der Waals surface area contributed by atoms with Crippen molar-refractivity contribution in [2.45, 2.75) is 6.42 Å². The number of hydrogen-bond donors (Lipinski definition) is 1. The van der Waals surface area contributed by atoms with E-state index in [1.54, 1.807) is 0 Å². The Kier molecular flexibility index (Phi) is 5.33. The van der Waals surface area contributed by atoms with E-state index in [0.29, 0.717) is 0 Å². The number of ether oxygens (including phenoxy) is 2. The molecule has 0 atom stereocenters. The Hall–Kier alpha value is -0.800. The molecule has 3 nitrogen and oxygen atoms in total. The molecular formula is C9H15NO2. The van der Waals surface area contributed by atoms with Gasteiger partial charge in [0.2, 0.25) is 0 Å². The SMILES string of the molecule is C1=CNC=CC1.C1COCCO1. The number of dihydropyridines is 1. The van der Waals surface area contributed by atoms with E-state index in [1.807, 2.05) is 12.4 Å². The van der Waals surface area contributed by atoms with Crippen molar-refractivity contribution in [2.75, 3.05) is 26.4 Å². The monoisotopic (exact) mass is 169 g/mol. The zero-order valence-electron chi connectivity index (χ0n) is 7.16. The van der Waals surface area contributed by atoms with E-state index in [1.165, 1.54) is 0 Å². The molecular weight excluding hydrogens is 154 g/mol. The summed E-state index contributed by atoms with van der Waals surface area (Å²) in [4.78, 5) is 0. The van der Waals surface area contributed by atoms with Gasteiger partial charge >= 0.3 is 0 Å². The topological polar surface area (TPSA) is 30.5 Å². The van der Waals surface area contributed by atoms with Gasteiger partial charge in [0.15, 0.2) is 0 Å². The highest BCUT2D eigenvalue weighted by molar-refractivity contribution is 4.98. The molecule has 0 aliphatic carbocycles. The molecule has 0 radical (unpaired) electrons. The summed E-state index contributed by atoms with van der Waals surface area (Å²) in [6, 6.07) is 0. The smallest absolute Gasteiger partial charge is 0.0701 e. The third-order valence-electron chi connectivity index (χ3n) is 1.44. The maximum absolute atomic E-state index is 4.94. The molecule has 1 N–H and O–H groups in total. The molecule has 0 amide bonds. The van der Waals surface area contributed by atoms with Crippen molar-refractivity contribution in [3.05, 3.63) is 24.6 Å². The normalized spacial score (nSPS) is 20.7. The maximum Gasteiger partial charge on any atom is 0.0701 e. The van der Waals surface area contributed by atoms with Crippen molar-refractivity contribution < 1.29 is 9.47 Å². The summed E-state index contributed by atoms with van der Waals surface area (Å²) in [5.41, 5.74) is 0. The summed E-state index contributed by atoms with van der Waals surface area (Å²) in [5, 5.41) is 2.92. The average Bonchev–Trinajstić information content (AvgIpc) is 2.24. The van der Waals surface area contributed by atoms with Gasteiger partial charge in [-0.1, -0.05) is 12.2 Å². The van der Waals surface area contributed by atoms with Crippen LogP contribution in [-0.4, -0.2) is 26.4 Å². The lowest BCUT2D eigenvalue weighted by Crippen LogP contribution is -2.16. The van der Waals surface area contributed by atoms with Gasteiger partial charge in [-0.05, 0) is 18.8 Å². The van der Waals surface area contributed by atoms with Gasteiger partial charge in [-0.25, -0.2) is 0 Å². The molecule has 2 aliphatic rings. The minimum Gasteiger partial charge on any atom is -0.377 e. The van der Waals surface area contributed by atoms with E-state index in [0.717, 1.165) is 32.8 Å². The number of allylic oxidation sites excluding steroid dienone is 2. The lowest BCUT2D eigenvalue weighted by Gasteiger charge is -2.09. The van der Waals surface area contributed by atoms with E-state index in [9.17, 15) is 0 Å². The van der Waals surface area contributed by atoms with Crippen LogP contribution in [0.2, 0.25) is 0 Å². The van der Waals surface area contributed by atoms with Gasteiger partial charge in [-0.15, -0.1) is 0 Å². The van der Waals surface area contributed by atoms with E-state index in [4.69, 9.17) is 9.47 Å². The first-order valence-electron chi connectivity index (χ1n) is 4.22. The van der Waals surface area contributed by atoms with Crippen LogP contribution in [0.25, 0.3) is 0 Å². The Morgan fingerprint density at radius 1 is 0.833 bits per heavy atom. The van der Waals surface area contributed by atoms with Crippen LogP contribution < -0.4 is 5.32 Å². The van der Waals surface area contributed by atoms with Crippen LogP contribution in [0, 0.1) is 0 Å². The van der Waals surface area contributed by atoms with Crippen molar-refractivity contribution in [3.63, 3.8) is 0 Å². The zero-order chi connectivity index (χ0) is 8.49. The van der Waals surface area contributed by atoms with Crippen LogP contribution in [-0.2, 0) is 9.47 Å². The van der Waals surface area contributed by atoms with Gasteiger partial charge in [-0.2, -0.15) is 0 Å². The molecule has 2 heterocycles. The molecule has 1 fully saturated rings. The van der Waals surface area contributed by atoms with Gasteiger partial charge in [0, 0.05) is 0 Å². The maximum atomic E-state index is 4.94. The van der Waals surface area contributed by atoms with E-state index >= 15 is 0 Å². The lowest BCUT2D eigenvalue weighted by molar-refractivity contribution is -0.0334. The van der Waals surface area contributed by atoms with Crippen LogP contribution in [0.3, 0.4) is 0 Å². The Bertz CT molecular complexity index is 119. The van der Waals surface area contributed by atoms with Crippen LogP contribution in [0.15, 0.2) is 24.6 Å². The van der Waals surface area contributed by atoms with E-state index < -0.39 is 0 Å². The standard InChI is InChI=1S/C5H7N.C4H8O2/c1-2-4-6-5-3-1;1-2-6-4-3-5-1/h2-6H,1H2;1-4H2. The quantitative estimate of drug-likeness (QED) is 0.587. The van der Waals surface area contributed by atoms with Gasteiger partial charge in [0.25, 0.3) is 0 Å². The molecule has 2 aliphatic heterocycles. The van der Waals surface area contributed by atoms with E-state index in [2.05, 4.69) is 17.5 Å². The Balaban J connectivity index is 0.000000120. The van der Waals surface area contributed by atoms with Crippen LogP contribution in [0.4, 0.5) is 0 Å². The molecule has 0 bridgehead atoms. The molecule has 0 spiro atoms. The average molecular weight is 169 g/mol. The summed E-state index contributed by atoms with van der Waals surface area (Å²) in [6.07, 6.45) is 9.08. The van der Waals surface area contributed by atoms with Crippen molar-refractivity contribution in [1.82, 2.24) is 5.32 Å². The van der Waals surface area contributed by atoms with Gasteiger partial charge in [-0.3, -0.25) is 0 Å². The summed E-state index contributed by atoms with van der Waals surface area (Å²) >= 11 is 0. The van der Waals surface area contributed by atoms with Gasteiger partial charge in [0.1, 0.15) is 0 Å². The fraction of sp³-hybridized carbons (Fsp3) is 0.556. The molecule has 0 unspecified atom stereocenters. The predicted octanol–water partition coefficient (Wildman–Crippen LogP) is 1.04. The van der Waals surface area contributed by atoms with Crippen molar-refractivity contribution in [2.24, 2.45) is 0 Å². The molecule has 1 saturated heterocycles. The molecule has 2 rings (SSSR count). The lowest BCUT2D eigenvalue weighted by atomic mass is 10.4. The number of hydrogen-bond acceptors (Lipinski definition) is 3. The molecule has 0 saturated carbocycles. The summed E-state index contributed by atoms with van der Waals surface area (Å²) in [7, 11) is 0. The summed E-state index contributed by atoms with van der Waals surface area (Å²) < 4.78 is 9.89. The minimum atomic E-state index is 0.778. The molecule has 0 aromatic heterocycles. The highest BCUT2D eigenvalue weighted by atomic mass is 16.6. The number of rotatable bonds is 0. The third-order valence-corrected chi connectivity index (χ3v) is 1.44. The second kappa shape index (κ2) is 6.88. The predicted molar refractivity (Wildman–Crippen MR) is 47.7 cm³/mol. The van der Waals surface area contributed by atoms with Crippen molar-refractivity contribution >= 4 is 0 Å². The largest absolute Gasteiger partial charge is 0.377 e. The second-order valence-electron chi connectivity index (χ2n) is 2.43. The highest BCUT2D eigenvalue weighted by Crippen LogP contribution is 1.86. The van der Waals surface area contributed by atoms with Crippen LogP contribution >= 0.6 is 0 Å². The Labute approximate surface area is 73.1 Å². The summed E-state index contributed by atoms with van der Waals surface area (Å²) in [6.45, 7) is 3.11. The highest BCUT2D eigenvalue weighted by Gasteiger charge is 1.94. The van der Waals surface area contributed by atoms with Crippen molar-refractivity contribution in [1.29, 1.82) is 0 Å². The van der Waals surface area contributed by atoms with Crippen LogP contribution in [0.5, 0.6) is 0 Å². The minimum absolute atomic E-state index is 0.778. The second-order valence-corrected chi connectivity index (χ2v) is 2.43. The Morgan fingerprint density at radius 3 is 1.50 bits per heavy atom. The molecule has 12 heavy (non-hydrogen) atoms. The zero-order valence-corrected chi connectivity index (χ0v) is 7.16. The first kappa shape index (κ1) is 9.29. The molecule has 0 aromatic rings. The molecule has 0 aromatic carbocycles. The fourth-order valence-corrected chi connectivity index (χ4v) is 0.846. The van der Waals surface area contributed by atoms with Crippen molar-refractivity contribution in [3.8, 4) is 0 Å². The first-order chi connectivity index (χ1) is 6.00. The number of nitrogens with one attached hydrogen (secondary N) is 1. The summed E-state index contributed by atoms with van der Waals surface area (Å²) in [5.74, 6) is 0. The van der Waals surface area contributed by atoms with Gasteiger partial charge in [0.05, 0.1) is 26.4 Å². The third kappa shape index (κ3) is 4.93. The Morgan fingerprint density at radius 2 is 1.33 bits per heavy atom. The van der Waals surface area contributed by atoms with Gasteiger partial charge < -0.3 is 14.8 Å². The first-order valence-corrected chi connectivity index (χ1v) is 4.22. The molecule has 68 valence electrons. The molecule has 3 heteroatoms.